The lowest BCUT2D eigenvalue weighted by Gasteiger charge is -2.05. The van der Waals surface area contributed by atoms with Crippen LogP contribution in [0.3, 0.4) is 0 Å². The van der Waals surface area contributed by atoms with Crippen molar-refractivity contribution < 1.29 is 9.90 Å². The minimum Gasteiger partial charge on any atom is -0.465 e. The van der Waals surface area contributed by atoms with Gasteiger partial charge in [-0.2, -0.15) is 0 Å². The number of unbranched alkanes of at least 4 members (excludes halogenated alkanes) is 39. The Hall–Kier alpha value is -0.730. The van der Waals surface area contributed by atoms with Crippen LogP contribution in [0.4, 0.5) is 4.79 Å². The van der Waals surface area contributed by atoms with Gasteiger partial charge >= 0.3 is 6.09 Å². The fourth-order valence-electron chi connectivity index (χ4n) is 7.11. The van der Waals surface area contributed by atoms with Crippen molar-refractivity contribution in [2.45, 2.75) is 264 Å². The Kier molecular flexibility index (Phi) is 41.6. The summed E-state index contributed by atoms with van der Waals surface area (Å²) in [5, 5.41) is 11.0. The van der Waals surface area contributed by atoms with Gasteiger partial charge in [0, 0.05) is 6.54 Å². The van der Waals surface area contributed by atoms with E-state index >= 15 is 0 Å². The lowest BCUT2D eigenvalue weighted by molar-refractivity contribution is 0.194. The van der Waals surface area contributed by atoms with Crippen LogP contribution < -0.4 is 5.32 Å². The minimum absolute atomic E-state index is 0.606. The molecule has 0 aliphatic carbocycles. The molecule has 1 amide bonds. The number of carbonyl (C=O) groups is 1. The Morgan fingerprint density at radius 3 is 0.609 bits per heavy atom. The van der Waals surface area contributed by atoms with Crippen molar-refractivity contribution in [2.75, 3.05) is 6.54 Å². The second-order valence-electron chi connectivity index (χ2n) is 15.0. The topological polar surface area (TPSA) is 49.3 Å². The zero-order chi connectivity index (χ0) is 33.3. The molecule has 0 unspecified atom stereocenters. The van der Waals surface area contributed by atoms with Crippen LogP contribution in [0.1, 0.15) is 264 Å². The second kappa shape index (κ2) is 42.3. The largest absolute Gasteiger partial charge is 0.465 e. The molecular formula is C43H87NO2. The molecule has 0 saturated heterocycles. The molecule has 0 aromatic rings. The highest BCUT2D eigenvalue weighted by molar-refractivity contribution is 5.64. The predicted molar refractivity (Wildman–Crippen MR) is 206 cm³/mol. The molecule has 276 valence electrons. The van der Waals surface area contributed by atoms with Crippen LogP contribution in [0.5, 0.6) is 0 Å². The molecule has 0 aliphatic heterocycles. The first kappa shape index (κ1) is 45.3. The number of rotatable bonds is 41. The summed E-state index contributed by atoms with van der Waals surface area (Å²) < 4.78 is 0. The van der Waals surface area contributed by atoms with Gasteiger partial charge in [-0.05, 0) is 6.42 Å². The fourth-order valence-corrected chi connectivity index (χ4v) is 7.11. The van der Waals surface area contributed by atoms with Gasteiger partial charge in [0.25, 0.3) is 0 Å². The Labute approximate surface area is 291 Å². The summed E-state index contributed by atoms with van der Waals surface area (Å²) in [6, 6.07) is 0. The molecule has 0 aromatic carbocycles. The zero-order valence-corrected chi connectivity index (χ0v) is 31.8. The maximum absolute atomic E-state index is 10.4. The number of hydrogen-bond acceptors (Lipinski definition) is 1. The minimum atomic E-state index is -0.897. The fraction of sp³-hybridized carbons (Fsp3) is 0.977. The summed E-state index contributed by atoms with van der Waals surface area (Å²) in [5.41, 5.74) is 0. The number of carboxylic acid groups (broad SMARTS) is 1. The molecule has 0 saturated carbocycles. The molecular weight excluding hydrogens is 562 g/mol. The van der Waals surface area contributed by atoms with E-state index in [0.29, 0.717) is 6.54 Å². The summed E-state index contributed by atoms with van der Waals surface area (Å²) in [7, 11) is 0. The van der Waals surface area contributed by atoms with Crippen LogP contribution in [0.2, 0.25) is 0 Å². The molecule has 0 heterocycles. The van der Waals surface area contributed by atoms with E-state index in [1.807, 2.05) is 0 Å². The maximum Gasteiger partial charge on any atom is 0.404 e. The quantitative estimate of drug-likeness (QED) is 0.0647. The SMILES string of the molecule is CCCCCCCCCCCCCCCCCCCCCCCCCCCCCCCCCCCCCCCCCCNC(=O)O. The number of nitrogens with one attached hydrogen (secondary N) is 1. The van der Waals surface area contributed by atoms with E-state index in [1.54, 1.807) is 0 Å². The van der Waals surface area contributed by atoms with Crippen LogP contribution in [-0.4, -0.2) is 17.7 Å². The highest BCUT2D eigenvalue weighted by atomic mass is 16.4. The van der Waals surface area contributed by atoms with E-state index < -0.39 is 6.09 Å². The van der Waals surface area contributed by atoms with Gasteiger partial charge in [0.15, 0.2) is 0 Å². The first-order chi connectivity index (χ1) is 22.8. The molecule has 3 heteroatoms. The van der Waals surface area contributed by atoms with Gasteiger partial charge in [-0.25, -0.2) is 4.79 Å². The van der Waals surface area contributed by atoms with Gasteiger partial charge in [0.05, 0.1) is 0 Å². The highest BCUT2D eigenvalue weighted by Gasteiger charge is 1.98. The lowest BCUT2D eigenvalue weighted by atomic mass is 10.0. The second-order valence-corrected chi connectivity index (χ2v) is 15.0. The van der Waals surface area contributed by atoms with Gasteiger partial charge in [-0.3, -0.25) is 0 Å². The number of amides is 1. The molecule has 0 aliphatic rings. The Morgan fingerprint density at radius 2 is 0.457 bits per heavy atom. The summed E-state index contributed by atoms with van der Waals surface area (Å²) in [4.78, 5) is 10.4. The van der Waals surface area contributed by atoms with Gasteiger partial charge in [0.2, 0.25) is 0 Å². The van der Waals surface area contributed by atoms with E-state index in [-0.39, 0.29) is 0 Å². The molecule has 0 aromatic heterocycles. The molecule has 0 rings (SSSR count). The van der Waals surface area contributed by atoms with Crippen LogP contribution in [0.25, 0.3) is 0 Å². The standard InChI is InChI=1S/C43H87NO2/c1-2-3-4-5-6-7-8-9-10-11-12-13-14-15-16-17-18-19-20-21-22-23-24-25-26-27-28-29-30-31-32-33-34-35-36-37-38-39-40-41-42-44-43(45)46/h44H,2-42H2,1H3,(H,45,46). The Morgan fingerprint density at radius 1 is 0.304 bits per heavy atom. The van der Waals surface area contributed by atoms with Crippen molar-refractivity contribution >= 4 is 6.09 Å². The van der Waals surface area contributed by atoms with Gasteiger partial charge in [-0.1, -0.05) is 257 Å². The molecule has 0 bridgehead atoms. The van der Waals surface area contributed by atoms with Crippen LogP contribution in [0.15, 0.2) is 0 Å². The van der Waals surface area contributed by atoms with Gasteiger partial charge in [0.1, 0.15) is 0 Å². The Balaban J connectivity index is 3.04. The van der Waals surface area contributed by atoms with Crippen molar-refractivity contribution in [1.29, 1.82) is 0 Å². The van der Waals surface area contributed by atoms with E-state index in [1.165, 1.54) is 244 Å². The molecule has 3 nitrogen and oxygen atoms in total. The third-order valence-corrected chi connectivity index (χ3v) is 10.3. The van der Waals surface area contributed by atoms with Gasteiger partial charge < -0.3 is 10.4 Å². The summed E-state index contributed by atoms with van der Waals surface area (Å²) >= 11 is 0. The summed E-state index contributed by atoms with van der Waals surface area (Å²) in [5.74, 6) is 0. The maximum atomic E-state index is 10.4. The average molecular weight is 650 g/mol. The van der Waals surface area contributed by atoms with Crippen molar-refractivity contribution in [2.24, 2.45) is 0 Å². The first-order valence-corrected chi connectivity index (χ1v) is 21.7. The highest BCUT2D eigenvalue weighted by Crippen LogP contribution is 2.17. The molecule has 0 spiro atoms. The van der Waals surface area contributed by atoms with E-state index in [0.717, 1.165) is 12.8 Å². The van der Waals surface area contributed by atoms with E-state index in [2.05, 4.69) is 12.2 Å². The van der Waals surface area contributed by atoms with E-state index in [4.69, 9.17) is 5.11 Å². The van der Waals surface area contributed by atoms with Crippen LogP contribution in [-0.2, 0) is 0 Å². The Bertz CT molecular complexity index is 551. The average Bonchev–Trinajstić information content (AvgIpc) is 3.05. The molecule has 0 radical (unpaired) electrons. The lowest BCUT2D eigenvalue weighted by Crippen LogP contribution is -2.21. The van der Waals surface area contributed by atoms with Crippen LogP contribution >= 0.6 is 0 Å². The van der Waals surface area contributed by atoms with Crippen molar-refractivity contribution in [3.8, 4) is 0 Å². The van der Waals surface area contributed by atoms with Crippen molar-refractivity contribution in [3.05, 3.63) is 0 Å². The number of hydrogen-bond donors (Lipinski definition) is 2. The predicted octanol–water partition coefficient (Wildman–Crippen LogP) is 15.9. The van der Waals surface area contributed by atoms with E-state index in [9.17, 15) is 4.79 Å². The van der Waals surface area contributed by atoms with Gasteiger partial charge in [-0.15, -0.1) is 0 Å². The van der Waals surface area contributed by atoms with Crippen LogP contribution in [0, 0.1) is 0 Å². The summed E-state index contributed by atoms with van der Waals surface area (Å²) in [6.45, 7) is 2.91. The molecule has 0 fully saturated rings. The smallest absolute Gasteiger partial charge is 0.404 e. The van der Waals surface area contributed by atoms with Crippen molar-refractivity contribution in [3.63, 3.8) is 0 Å². The monoisotopic (exact) mass is 650 g/mol. The normalized spacial score (nSPS) is 11.4. The zero-order valence-electron chi connectivity index (χ0n) is 31.8. The van der Waals surface area contributed by atoms with Crippen molar-refractivity contribution in [1.82, 2.24) is 5.32 Å². The first-order valence-electron chi connectivity index (χ1n) is 21.7. The molecule has 0 atom stereocenters. The third kappa shape index (κ3) is 43.3. The third-order valence-electron chi connectivity index (χ3n) is 10.3. The summed E-state index contributed by atoms with van der Waals surface area (Å²) in [6.07, 6.45) is 56.4. The molecule has 46 heavy (non-hydrogen) atoms. The molecule has 2 N–H and O–H groups in total.